The van der Waals surface area contributed by atoms with Crippen LogP contribution in [0.3, 0.4) is 0 Å². The number of hydrazone groups is 1. The summed E-state index contributed by atoms with van der Waals surface area (Å²) in [5.74, 6) is -0.815. The van der Waals surface area contributed by atoms with Gasteiger partial charge < -0.3 is 4.74 Å². The molecule has 7 nitrogen and oxygen atoms in total. The van der Waals surface area contributed by atoms with Crippen LogP contribution in [-0.4, -0.2) is 35.4 Å². The number of H-pyrrole nitrogens is 1. The second-order valence-electron chi connectivity index (χ2n) is 6.54. The monoisotopic (exact) mass is 398 g/mol. The van der Waals surface area contributed by atoms with E-state index >= 15 is 0 Å². The summed E-state index contributed by atoms with van der Waals surface area (Å²) in [4.78, 5) is 23.7. The van der Waals surface area contributed by atoms with E-state index in [9.17, 15) is 9.59 Å². The van der Waals surface area contributed by atoms with Gasteiger partial charge in [-0.15, -0.1) is 0 Å². The average molecular weight is 398 g/mol. The fraction of sp³-hybridized carbons (Fsp3) is 0.0435. The van der Waals surface area contributed by atoms with E-state index in [2.05, 4.69) is 25.5 Å². The minimum absolute atomic E-state index is 0.302. The van der Waals surface area contributed by atoms with Crippen molar-refractivity contribution in [3.8, 4) is 11.3 Å². The Bertz CT molecular complexity index is 1240. The van der Waals surface area contributed by atoms with Gasteiger partial charge in [0, 0.05) is 5.56 Å². The molecular formula is C23H18N4O3. The van der Waals surface area contributed by atoms with Crippen molar-refractivity contribution in [3.05, 3.63) is 89.6 Å². The topological polar surface area (TPSA) is 96.4 Å². The Labute approximate surface area is 172 Å². The fourth-order valence-electron chi connectivity index (χ4n) is 2.98. The maximum atomic E-state index is 12.3. The zero-order valence-electron chi connectivity index (χ0n) is 16.1. The van der Waals surface area contributed by atoms with Gasteiger partial charge in [-0.3, -0.25) is 9.89 Å². The summed E-state index contributed by atoms with van der Waals surface area (Å²) in [6, 6.07) is 22.4. The first-order valence-electron chi connectivity index (χ1n) is 9.20. The number of fused-ring (bicyclic) bond motifs is 1. The molecule has 0 aliphatic carbocycles. The van der Waals surface area contributed by atoms with Crippen LogP contribution < -0.4 is 5.43 Å². The van der Waals surface area contributed by atoms with Crippen molar-refractivity contribution in [1.29, 1.82) is 0 Å². The number of rotatable bonds is 5. The van der Waals surface area contributed by atoms with Crippen LogP contribution in [0.15, 0.2) is 77.9 Å². The summed E-state index contributed by atoms with van der Waals surface area (Å²) in [5.41, 5.74) is 5.52. The van der Waals surface area contributed by atoms with E-state index in [4.69, 9.17) is 0 Å². The van der Waals surface area contributed by atoms with E-state index in [1.165, 1.54) is 13.3 Å². The number of benzene rings is 3. The van der Waals surface area contributed by atoms with Gasteiger partial charge in [0.05, 0.1) is 24.6 Å². The van der Waals surface area contributed by atoms with Gasteiger partial charge in [-0.05, 0) is 40.6 Å². The van der Waals surface area contributed by atoms with E-state index in [1.807, 2.05) is 42.5 Å². The number of hydrogen-bond acceptors (Lipinski definition) is 5. The molecule has 0 bridgehead atoms. The van der Waals surface area contributed by atoms with Gasteiger partial charge in [-0.1, -0.05) is 48.5 Å². The maximum Gasteiger partial charge on any atom is 0.337 e. The molecule has 0 saturated heterocycles. The van der Waals surface area contributed by atoms with Crippen LogP contribution in [0.25, 0.3) is 22.0 Å². The zero-order valence-corrected chi connectivity index (χ0v) is 16.1. The maximum absolute atomic E-state index is 12.3. The van der Waals surface area contributed by atoms with Crippen LogP contribution in [0.2, 0.25) is 0 Å². The predicted octanol–water partition coefficient (Wildman–Crippen LogP) is 3.78. The van der Waals surface area contributed by atoms with Gasteiger partial charge in [-0.25, -0.2) is 10.2 Å². The number of hydrogen-bond donors (Lipinski definition) is 2. The Morgan fingerprint density at radius 1 is 1.00 bits per heavy atom. The molecule has 0 atom stereocenters. The molecule has 0 unspecified atom stereocenters. The summed E-state index contributed by atoms with van der Waals surface area (Å²) in [6.07, 6.45) is 1.49. The highest BCUT2D eigenvalue weighted by atomic mass is 16.5. The van der Waals surface area contributed by atoms with E-state index in [1.54, 1.807) is 30.3 Å². The average Bonchev–Trinajstić information content (AvgIpc) is 3.29. The molecule has 1 amide bonds. The second kappa shape index (κ2) is 8.40. The van der Waals surface area contributed by atoms with Crippen molar-refractivity contribution in [1.82, 2.24) is 15.6 Å². The minimum atomic E-state index is -0.409. The molecule has 0 fully saturated rings. The van der Waals surface area contributed by atoms with Crippen molar-refractivity contribution in [2.75, 3.05) is 7.11 Å². The smallest absolute Gasteiger partial charge is 0.337 e. The summed E-state index contributed by atoms with van der Waals surface area (Å²) in [6.45, 7) is 0. The van der Waals surface area contributed by atoms with E-state index in [0.717, 1.165) is 21.9 Å². The molecule has 1 heterocycles. The SMILES string of the molecule is COC(=O)c1ccc(C=NNC(=O)c2cc(-c3ccc4ccccc4c3)n[nH]2)cc1. The van der Waals surface area contributed by atoms with E-state index < -0.39 is 11.9 Å². The fourth-order valence-corrected chi connectivity index (χ4v) is 2.98. The van der Waals surface area contributed by atoms with Gasteiger partial charge in [-0.2, -0.15) is 10.2 Å². The molecule has 2 N–H and O–H groups in total. The molecular weight excluding hydrogens is 380 g/mol. The standard InChI is InChI=1S/C23H18N4O3/c1-30-23(29)17-8-6-15(7-9-17)14-24-27-22(28)21-13-20(25-26-21)19-11-10-16-4-2-3-5-18(16)12-19/h2-14H,1H3,(H,25,26)(H,27,28). The lowest BCUT2D eigenvalue weighted by atomic mass is 10.1. The quantitative estimate of drug-likeness (QED) is 0.304. The normalized spacial score (nSPS) is 11.0. The summed E-state index contributed by atoms with van der Waals surface area (Å²) in [7, 11) is 1.33. The number of nitrogens with zero attached hydrogens (tertiary/aromatic N) is 2. The van der Waals surface area contributed by atoms with Crippen LogP contribution in [0.5, 0.6) is 0 Å². The first kappa shape index (κ1) is 19.1. The van der Waals surface area contributed by atoms with Crippen molar-refractivity contribution in [2.24, 2.45) is 5.10 Å². The molecule has 3 aromatic carbocycles. The number of amides is 1. The number of aromatic nitrogens is 2. The van der Waals surface area contributed by atoms with Gasteiger partial charge in [0.2, 0.25) is 0 Å². The van der Waals surface area contributed by atoms with Crippen LogP contribution >= 0.6 is 0 Å². The minimum Gasteiger partial charge on any atom is -0.465 e. The number of carbonyl (C=O) groups excluding carboxylic acids is 2. The third-order valence-electron chi connectivity index (χ3n) is 4.58. The van der Waals surface area contributed by atoms with Gasteiger partial charge >= 0.3 is 5.97 Å². The Morgan fingerprint density at radius 3 is 2.53 bits per heavy atom. The number of ether oxygens (including phenoxy) is 1. The van der Waals surface area contributed by atoms with E-state index in [-0.39, 0.29) is 0 Å². The molecule has 0 saturated carbocycles. The second-order valence-corrected chi connectivity index (χ2v) is 6.54. The molecule has 4 aromatic rings. The van der Waals surface area contributed by atoms with Crippen LogP contribution in [0.1, 0.15) is 26.4 Å². The third-order valence-corrected chi connectivity index (χ3v) is 4.58. The van der Waals surface area contributed by atoms with Crippen LogP contribution in [-0.2, 0) is 4.74 Å². The highest BCUT2D eigenvalue weighted by Crippen LogP contribution is 2.23. The summed E-state index contributed by atoms with van der Waals surface area (Å²) in [5, 5.41) is 13.2. The molecule has 7 heteroatoms. The van der Waals surface area contributed by atoms with Crippen molar-refractivity contribution < 1.29 is 14.3 Å². The van der Waals surface area contributed by atoms with E-state index in [0.29, 0.717) is 17.0 Å². The summed E-state index contributed by atoms with van der Waals surface area (Å²) < 4.78 is 4.65. The van der Waals surface area contributed by atoms with Crippen LogP contribution in [0, 0.1) is 0 Å². The largest absolute Gasteiger partial charge is 0.465 e. The number of esters is 1. The summed E-state index contributed by atoms with van der Waals surface area (Å²) >= 11 is 0. The number of carbonyl (C=O) groups is 2. The van der Waals surface area contributed by atoms with Crippen LogP contribution in [0.4, 0.5) is 0 Å². The molecule has 0 aliphatic rings. The first-order chi connectivity index (χ1) is 14.6. The zero-order chi connectivity index (χ0) is 20.9. The Hall–Kier alpha value is -4.26. The van der Waals surface area contributed by atoms with Crippen molar-refractivity contribution >= 4 is 28.9 Å². The molecule has 1 aromatic heterocycles. The highest BCUT2D eigenvalue weighted by Gasteiger charge is 2.11. The van der Waals surface area contributed by atoms with Crippen molar-refractivity contribution in [2.45, 2.75) is 0 Å². The lowest BCUT2D eigenvalue weighted by molar-refractivity contribution is 0.0600. The predicted molar refractivity (Wildman–Crippen MR) is 114 cm³/mol. The molecule has 4 rings (SSSR count). The Kier molecular flexibility index (Phi) is 5.34. The molecule has 148 valence electrons. The Balaban J connectivity index is 1.42. The van der Waals surface area contributed by atoms with Gasteiger partial charge in [0.15, 0.2) is 0 Å². The lowest BCUT2D eigenvalue weighted by Crippen LogP contribution is -2.18. The third kappa shape index (κ3) is 4.10. The number of methoxy groups -OCH3 is 1. The highest BCUT2D eigenvalue weighted by molar-refractivity contribution is 5.95. The molecule has 0 aliphatic heterocycles. The van der Waals surface area contributed by atoms with Gasteiger partial charge in [0.1, 0.15) is 5.69 Å². The van der Waals surface area contributed by atoms with Gasteiger partial charge in [0.25, 0.3) is 5.91 Å². The lowest BCUT2D eigenvalue weighted by Gasteiger charge is -2.00. The van der Waals surface area contributed by atoms with Crippen molar-refractivity contribution in [3.63, 3.8) is 0 Å². The molecule has 30 heavy (non-hydrogen) atoms. The molecule has 0 radical (unpaired) electrons. The number of nitrogens with one attached hydrogen (secondary N) is 2. The number of aromatic amines is 1. The molecule has 0 spiro atoms. The Morgan fingerprint density at radius 2 is 1.77 bits per heavy atom. The first-order valence-corrected chi connectivity index (χ1v) is 9.20.